The topological polar surface area (TPSA) is 96.7 Å². The minimum atomic E-state index is -0.256. The number of carbonyl (C=O) groups is 1. The Morgan fingerprint density at radius 2 is 1.97 bits per heavy atom. The number of carbonyl (C=O) groups excluding carboxylic acids is 1. The van der Waals surface area contributed by atoms with E-state index in [-0.39, 0.29) is 23.6 Å². The minimum absolute atomic E-state index is 0.0437. The fourth-order valence-electron chi connectivity index (χ4n) is 3.74. The molecule has 0 aliphatic heterocycles. The lowest BCUT2D eigenvalue weighted by Gasteiger charge is -2.05. The third-order valence-corrected chi connectivity index (χ3v) is 5.43. The quantitative estimate of drug-likeness (QED) is 0.592. The van der Waals surface area contributed by atoms with Crippen LogP contribution in [0.5, 0.6) is 0 Å². The Balaban J connectivity index is 1.32. The van der Waals surface area contributed by atoms with E-state index < -0.39 is 0 Å². The van der Waals surface area contributed by atoms with Crippen LogP contribution in [0.25, 0.3) is 5.69 Å². The summed E-state index contributed by atoms with van der Waals surface area (Å²) >= 11 is 0. The highest BCUT2D eigenvalue weighted by molar-refractivity contribution is 5.82. The van der Waals surface area contributed by atoms with Crippen LogP contribution in [-0.2, 0) is 11.2 Å². The lowest BCUT2D eigenvalue weighted by Crippen LogP contribution is -2.26. The standard InChI is InChI=1S/C23H22FN5O/c24-20-10-5-4-9-16(20)17-13-18(17)23(30)27-12-6-11-21-19(14-25)22(26)29(28-21)15-7-2-1-3-8-15/h1-5,7-10,17-18H,6,11-13,26H2,(H,27,30). The zero-order chi connectivity index (χ0) is 21.1. The van der Waals surface area contributed by atoms with E-state index in [9.17, 15) is 14.4 Å². The zero-order valence-corrected chi connectivity index (χ0v) is 16.4. The fourth-order valence-corrected chi connectivity index (χ4v) is 3.74. The number of rotatable bonds is 7. The largest absolute Gasteiger partial charge is 0.382 e. The summed E-state index contributed by atoms with van der Waals surface area (Å²) in [7, 11) is 0. The van der Waals surface area contributed by atoms with Crippen LogP contribution in [0.4, 0.5) is 10.2 Å². The number of hydrogen-bond acceptors (Lipinski definition) is 4. The maximum absolute atomic E-state index is 13.9. The summed E-state index contributed by atoms with van der Waals surface area (Å²) in [6.45, 7) is 0.461. The Morgan fingerprint density at radius 3 is 2.70 bits per heavy atom. The molecule has 0 saturated heterocycles. The number of amides is 1. The highest BCUT2D eigenvalue weighted by atomic mass is 19.1. The summed E-state index contributed by atoms with van der Waals surface area (Å²) < 4.78 is 15.4. The number of nitrogens with two attached hydrogens (primary N) is 1. The van der Waals surface area contributed by atoms with Crippen molar-refractivity contribution in [3.63, 3.8) is 0 Å². The molecule has 0 spiro atoms. The van der Waals surface area contributed by atoms with E-state index in [0.717, 1.165) is 5.69 Å². The Kier molecular flexibility index (Phi) is 5.48. The number of para-hydroxylation sites is 1. The molecule has 2 unspecified atom stereocenters. The molecule has 3 aromatic rings. The Hall–Kier alpha value is -3.66. The molecule has 1 aliphatic carbocycles. The van der Waals surface area contributed by atoms with Crippen molar-refractivity contribution in [2.45, 2.75) is 25.2 Å². The van der Waals surface area contributed by atoms with Crippen molar-refractivity contribution in [1.82, 2.24) is 15.1 Å². The van der Waals surface area contributed by atoms with Gasteiger partial charge in [0, 0.05) is 12.5 Å². The highest BCUT2D eigenvalue weighted by Crippen LogP contribution is 2.48. The van der Waals surface area contributed by atoms with Gasteiger partial charge < -0.3 is 11.1 Å². The highest BCUT2D eigenvalue weighted by Gasteiger charge is 2.44. The van der Waals surface area contributed by atoms with Crippen LogP contribution >= 0.6 is 0 Å². The molecule has 1 aromatic heterocycles. The van der Waals surface area contributed by atoms with Crippen molar-refractivity contribution in [1.29, 1.82) is 5.26 Å². The molecule has 7 heteroatoms. The fraction of sp³-hybridized carbons (Fsp3) is 0.261. The average molecular weight is 403 g/mol. The number of aromatic nitrogens is 2. The summed E-state index contributed by atoms with van der Waals surface area (Å²) in [6.07, 6.45) is 1.82. The van der Waals surface area contributed by atoms with Crippen molar-refractivity contribution in [2.24, 2.45) is 5.92 Å². The van der Waals surface area contributed by atoms with E-state index in [4.69, 9.17) is 5.73 Å². The molecular weight excluding hydrogens is 381 g/mol. The first-order valence-electron chi connectivity index (χ1n) is 9.95. The van der Waals surface area contributed by atoms with Crippen molar-refractivity contribution < 1.29 is 9.18 Å². The first kappa shape index (κ1) is 19.6. The molecule has 1 amide bonds. The van der Waals surface area contributed by atoms with Crippen LogP contribution in [0.2, 0.25) is 0 Å². The summed E-state index contributed by atoms with van der Waals surface area (Å²) in [5.74, 6) is -0.220. The second kappa shape index (κ2) is 8.37. The van der Waals surface area contributed by atoms with E-state index in [0.29, 0.717) is 48.4 Å². The molecule has 1 fully saturated rings. The molecule has 2 aromatic carbocycles. The number of nitriles is 1. The number of benzene rings is 2. The second-order valence-electron chi connectivity index (χ2n) is 7.43. The smallest absolute Gasteiger partial charge is 0.223 e. The molecule has 152 valence electrons. The Labute approximate surface area is 174 Å². The van der Waals surface area contributed by atoms with Crippen molar-refractivity contribution in [3.8, 4) is 11.8 Å². The molecule has 0 radical (unpaired) electrons. The SMILES string of the molecule is N#Cc1c(CCCNC(=O)C2CC2c2ccccc2F)nn(-c2ccccc2)c1N. The van der Waals surface area contributed by atoms with Crippen LogP contribution in [0.1, 0.15) is 35.6 Å². The van der Waals surface area contributed by atoms with Gasteiger partial charge >= 0.3 is 0 Å². The van der Waals surface area contributed by atoms with Gasteiger partial charge in [0.15, 0.2) is 0 Å². The van der Waals surface area contributed by atoms with E-state index >= 15 is 0 Å². The monoisotopic (exact) mass is 403 g/mol. The van der Waals surface area contributed by atoms with Gasteiger partial charge in [-0.25, -0.2) is 9.07 Å². The van der Waals surface area contributed by atoms with Crippen molar-refractivity contribution >= 4 is 11.7 Å². The summed E-state index contributed by atoms with van der Waals surface area (Å²) in [4.78, 5) is 12.4. The predicted octanol–water partition coefficient (Wildman–Crippen LogP) is 3.32. The van der Waals surface area contributed by atoms with E-state index in [1.807, 2.05) is 30.3 Å². The number of nitrogen functional groups attached to an aromatic ring is 1. The zero-order valence-electron chi connectivity index (χ0n) is 16.4. The van der Waals surface area contributed by atoms with Crippen molar-refractivity contribution in [2.75, 3.05) is 12.3 Å². The number of nitrogens with one attached hydrogen (secondary N) is 1. The number of nitrogens with zero attached hydrogens (tertiary/aromatic N) is 3. The third-order valence-electron chi connectivity index (χ3n) is 5.43. The minimum Gasteiger partial charge on any atom is -0.382 e. The van der Waals surface area contributed by atoms with Crippen LogP contribution in [0, 0.1) is 23.1 Å². The Morgan fingerprint density at radius 1 is 1.23 bits per heavy atom. The van der Waals surface area contributed by atoms with Crippen LogP contribution in [-0.4, -0.2) is 22.2 Å². The van der Waals surface area contributed by atoms with Gasteiger partial charge in [0.25, 0.3) is 0 Å². The van der Waals surface area contributed by atoms with Gasteiger partial charge in [-0.2, -0.15) is 10.4 Å². The lowest BCUT2D eigenvalue weighted by atomic mass is 10.1. The van der Waals surface area contributed by atoms with Crippen LogP contribution in [0.15, 0.2) is 54.6 Å². The lowest BCUT2D eigenvalue weighted by molar-refractivity contribution is -0.122. The Bertz CT molecular complexity index is 1100. The molecule has 0 bridgehead atoms. The summed E-state index contributed by atoms with van der Waals surface area (Å²) in [5, 5.41) is 16.9. The van der Waals surface area contributed by atoms with Gasteiger partial charge in [-0.1, -0.05) is 36.4 Å². The maximum Gasteiger partial charge on any atom is 0.223 e. The predicted molar refractivity (Wildman–Crippen MR) is 111 cm³/mol. The average Bonchev–Trinajstić information content (AvgIpc) is 3.49. The van der Waals surface area contributed by atoms with Gasteiger partial charge in [0.1, 0.15) is 23.3 Å². The van der Waals surface area contributed by atoms with E-state index in [1.165, 1.54) is 6.07 Å². The first-order valence-corrected chi connectivity index (χ1v) is 9.95. The summed E-state index contributed by atoms with van der Waals surface area (Å²) in [6, 6.07) is 18.1. The first-order chi connectivity index (χ1) is 14.6. The number of aryl methyl sites for hydroxylation is 1. The number of halogens is 1. The number of hydrogen-bond donors (Lipinski definition) is 2. The maximum atomic E-state index is 13.9. The number of anilines is 1. The molecular formula is C23H22FN5O. The molecule has 2 atom stereocenters. The van der Waals surface area contributed by atoms with Gasteiger partial charge in [-0.3, -0.25) is 4.79 Å². The van der Waals surface area contributed by atoms with Crippen LogP contribution in [0.3, 0.4) is 0 Å². The molecule has 1 aliphatic rings. The third kappa shape index (κ3) is 3.90. The van der Waals surface area contributed by atoms with Gasteiger partial charge in [0.05, 0.1) is 11.4 Å². The molecule has 3 N–H and O–H groups in total. The molecule has 30 heavy (non-hydrogen) atoms. The van der Waals surface area contributed by atoms with E-state index in [1.54, 1.807) is 22.9 Å². The normalized spacial score (nSPS) is 17.3. The summed E-state index contributed by atoms with van der Waals surface area (Å²) in [5.41, 5.74) is 8.49. The van der Waals surface area contributed by atoms with Gasteiger partial charge in [0.2, 0.25) is 5.91 Å². The molecule has 4 rings (SSSR count). The molecule has 1 saturated carbocycles. The molecule has 1 heterocycles. The van der Waals surface area contributed by atoms with E-state index in [2.05, 4.69) is 16.5 Å². The van der Waals surface area contributed by atoms with Gasteiger partial charge in [-0.15, -0.1) is 0 Å². The molecule has 6 nitrogen and oxygen atoms in total. The second-order valence-corrected chi connectivity index (χ2v) is 7.43. The van der Waals surface area contributed by atoms with Crippen LogP contribution < -0.4 is 11.1 Å². The van der Waals surface area contributed by atoms with Gasteiger partial charge in [-0.05, 0) is 48.9 Å². The van der Waals surface area contributed by atoms with Crippen molar-refractivity contribution in [3.05, 3.63) is 77.2 Å².